The third-order valence-electron chi connectivity index (χ3n) is 6.12. The first-order valence-corrected chi connectivity index (χ1v) is 11.9. The summed E-state index contributed by atoms with van der Waals surface area (Å²) < 4.78 is 16.3. The Labute approximate surface area is 217 Å². The number of hydrogen-bond donors (Lipinski definition) is 3. The Bertz CT molecular complexity index is 1630. The molecule has 3 heterocycles. The number of phenolic OH excluding ortho intramolecular Hbond substituents is 1. The third-order valence-corrected chi connectivity index (χ3v) is 6.12. The number of phenols is 1. The van der Waals surface area contributed by atoms with Crippen molar-refractivity contribution >= 4 is 27.7 Å². The van der Waals surface area contributed by atoms with Gasteiger partial charge in [-0.2, -0.15) is 0 Å². The van der Waals surface area contributed by atoms with E-state index in [4.69, 9.17) is 14.2 Å². The maximum Gasteiger partial charge on any atom is 0.258 e. The van der Waals surface area contributed by atoms with Crippen LogP contribution in [0, 0.1) is 13.8 Å². The van der Waals surface area contributed by atoms with Crippen molar-refractivity contribution in [3.05, 3.63) is 56.6 Å². The fourth-order valence-corrected chi connectivity index (χ4v) is 4.24. The Morgan fingerprint density at radius 2 is 1.47 bits per heavy atom. The van der Waals surface area contributed by atoms with Crippen LogP contribution < -0.4 is 25.3 Å². The van der Waals surface area contributed by atoms with Crippen LogP contribution in [0.5, 0.6) is 23.0 Å². The number of aromatic amines is 2. The molecule has 1 aliphatic rings. The lowest BCUT2D eigenvalue weighted by Crippen LogP contribution is -2.28. The molecule has 2 aromatic carbocycles. The molecule has 0 bridgehead atoms. The van der Waals surface area contributed by atoms with Crippen LogP contribution in [0.1, 0.15) is 25.0 Å². The van der Waals surface area contributed by atoms with Crippen LogP contribution in [0.4, 0.5) is 0 Å². The Hall–Kier alpha value is -4.61. The lowest BCUT2D eigenvalue weighted by Gasteiger charge is -2.17. The highest BCUT2D eigenvalue weighted by Gasteiger charge is 2.26. The quantitative estimate of drug-likeness (QED) is 0.364. The van der Waals surface area contributed by atoms with Crippen molar-refractivity contribution in [1.82, 2.24) is 24.8 Å². The normalized spacial score (nSPS) is 14.8. The third kappa shape index (κ3) is 5.53. The molecular formula is C26H29N5O7. The number of aromatic hydroxyl groups is 1. The number of nitrogens with one attached hydrogen (secondary N) is 2. The molecule has 12 heteroatoms. The fourth-order valence-electron chi connectivity index (χ4n) is 4.24. The molecule has 4 aromatic rings. The van der Waals surface area contributed by atoms with Crippen LogP contribution in [0.3, 0.4) is 0 Å². The molecule has 0 spiro atoms. The van der Waals surface area contributed by atoms with E-state index in [1.54, 1.807) is 44.9 Å². The summed E-state index contributed by atoms with van der Waals surface area (Å²) in [7, 11) is 2.99. The van der Waals surface area contributed by atoms with Gasteiger partial charge in [0, 0.05) is 32.0 Å². The number of amides is 1. The maximum atomic E-state index is 12.1. The summed E-state index contributed by atoms with van der Waals surface area (Å²) in [6.45, 7) is 6.19. The topological polar surface area (TPSA) is 160 Å². The second kappa shape index (κ2) is 10.8. The number of rotatable bonds is 4. The van der Waals surface area contributed by atoms with Crippen LogP contribution in [0.25, 0.3) is 21.8 Å². The number of aryl methyl sites for hydroxylation is 2. The van der Waals surface area contributed by atoms with Gasteiger partial charge in [-0.15, -0.1) is 0 Å². The minimum atomic E-state index is -0.268. The summed E-state index contributed by atoms with van der Waals surface area (Å²) >= 11 is 0. The Balaban J connectivity index is 0.000000194. The monoisotopic (exact) mass is 523 g/mol. The van der Waals surface area contributed by atoms with E-state index in [-0.39, 0.29) is 28.9 Å². The van der Waals surface area contributed by atoms with Crippen LogP contribution in [0.2, 0.25) is 0 Å². The number of fused-ring (bicyclic) bond motifs is 2. The molecule has 0 unspecified atom stereocenters. The van der Waals surface area contributed by atoms with E-state index < -0.39 is 0 Å². The van der Waals surface area contributed by atoms with E-state index in [0.29, 0.717) is 63.8 Å². The second-order valence-corrected chi connectivity index (χ2v) is 8.86. The van der Waals surface area contributed by atoms with Crippen molar-refractivity contribution in [2.45, 2.75) is 33.3 Å². The predicted molar refractivity (Wildman–Crippen MR) is 140 cm³/mol. The lowest BCUT2D eigenvalue weighted by atomic mass is 10.2. The zero-order valence-corrected chi connectivity index (χ0v) is 21.7. The molecule has 1 saturated heterocycles. The summed E-state index contributed by atoms with van der Waals surface area (Å²) in [4.78, 5) is 50.4. The Morgan fingerprint density at radius 3 is 2.00 bits per heavy atom. The summed E-state index contributed by atoms with van der Waals surface area (Å²) in [5, 5.41) is 10.3. The molecule has 5 rings (SSSR count). The molecule has 12 nitrogen and oxygen atoms in total. The molecule has 1 amide bonds. The average molecular weight is 524 g/mol. The van der Waals surface area contributed by atoms with E-state index in [1.165, 1.54) is 19.2 Å². The molecular weight excluding hydrogens is 494 g/mol. The fraction of sp³-hybridized carbons (Fsp3) is 0.346. The first-order chi connectivity index (χ1) is 18.1. The molecule has 0 saturated carbocycles. The van der Waals surface area contributed by atoms with Gasteiger partial charge in [-0.3, -0.25) is 14.4 Å². The number of ether oxygens (including phenoxy) is 3. The summed E-state index contributed by atoms with van der Waals surface area (Å²) in [6, 6.07) is 6.23. The van der Waals surface area contributed by atoms with Gasteiger partial charge in [-0.1, -0.05) is 0 Å². The van der Waals surface area contributed by atoms with E-state index in [0.717, 1.165) is 6.42 Å². The van der Waals surface area contributed by atoms with Crippen molar-refractivity contribution < 1.29 is 24.1 Å². The van der Waals surface area contributed by atoms with Gasteiger partial charge in [0.2, 0.25) is 5.91 Å². The van der Waals surface area contributed by atoms with Crippen molar-refractivity contribution in [2.75, 3.05) is 27.3 Å². The van der Waals surface area contributed by atoms with Crippen molar-refractivity contribution in [3.8, 4) is 23.0 Å². The zero-order chi connectivity index (χ0) is 27.6. The molecule has 1 aliphatic heterocycles. The SMILES string of the molecule is COc1cc2nc(C)[nH]c(=O)c2cc1O.COc1cc2nc(C)[nH]c(=O)c2cc1O[C@H]1CCN(C(C)=O)C1. The van der Waals surface area contributed by atoms with Gasteiger partial charge < -0.3 is 34.2 Å². The van der Waals surface area contributed by atoms with Gasteiger partial charge in [0.15, 0.2) is 23.0 Å². The number of likely N-dealkylation sites (tertiary alicyclic amines) is 1. The largest absolute Gasteiger partial charge is 0.504 e. The number of H-pyrrole nitrogens is 2. The van der Waals surface area contributed by atoms with Gasteiger partial charge in [0.05, 0.1) is 42.6 Å². The molecule has 0 radical (unpaired) electrons. The van der Waals surface area contributed by atoms with Gasteiger partial charge in [0.1, 0.15) is 17.8 Å². The number of aromatic nitrogens is 4. The smallest absolute Gasteiger partial charge is 0.258 e. The Kier molecular flexibility index (Phi) is 7.51. The van der Waals surface area contributed by atoms with Gasteiger partial charge in [-0.05, 0) is 26.0 Å². The predicted octanol–water partition coefficient (Wildman–Crippen LogP) is 2.19. The number of carbonyl (C=O) groups excluding carboxylic acids is 1. The standard InChI is InChI=1S/C16H19N3O4.C10H10N2O3/c1-9-17-13-7-14(22-3)15(6-12(13)16(21)18-9)23-11-4-5-19(8-11)10(2)20;1-5-11-7-4-9(15-2)8(13)3-6(7)10(14)12-5/h6-7,11H,4-5,8H2,1-3H3,(H,17,18,21);3-4,13H,1-2H3,(H,11,12,14)/t11-;/m0./s1. The lowest BCUT2D eigenvalue weighted by molar-refractivity contribution is -0.128. The van der Waals surface area contributed by atoms with Crippen molar-refractivity contribution in [3.63, 3.8) is 0 Å². The van der Waals surface area contributed by atoms with Gasteiger partial charge in [-0.25, -0.2) is 9.97 Å². The number of hydrogen-bond acceptors (Lipinski definition) is 9. The van der Waals surface area contributed by atoms with Gasteiger partial charge in [0.25, 0.3) is 11.1 Å². The second-order valence-electron chi connectivity index (χ2n) is 8.86. The summed E-state index contributed by atoms with van der Waals surface area (Å²) in [5.41, 5.74) is 0.588. The molecule has 2 aromatic heterocycles. The van der Waals surface area contributed by atoms with Crippen LogP contribution in [-0.4, -0.2) is 69.3 Å². The summed E-state index contributed by atoms with van der Waals surface area (Å²) in [5.74, 6) is 2.37. The maximum absolute atomic E-state index is 12.1. The Morgan fingerprint density at radius 1 is 0.921 bits per heavy atom. The molecule has 38 heavy (non-hydrogen) atoms. The van der Waals surface area contributed by atoms with E-state index in [2.05, 4.69) is 19.9 Å². The highest BCUT2D eigenvalue weighted by Crippen LogP contribution is 2.32. The van der Waals surface area contributed by atoms with Crippen LogP contribution in [-0.2, 0) is 4.79 Å². The highest BCUT2D eigenvalue weighted by atomic mass is 16.5. The number of carbonyl (C=O) groups is 1. The average Bonchev–Trinajstić information content (AvgIpc) is 3.33. The van der Waals surface area contributed by atoms with E-state index >= 15 is 0 Å². The molecule has 200 valence electrons. The first kappa shape index (κ1) is 26.5. The molecule has 3 N–H and O–H groups in total. The minimum Gasteiger partial charge on any atom is -0.504 e. The van der Waals surface area contributed by atoms with E-state index in [1.807, 2.05) is 0 Å². The number of methoxy groups -OCH3 is 2. The van der Waals surface area contributed by atoms with Crippen LogP contribution >= 0.6 is 0 Å². The molecule has 1 fully saturated rings. The molecule has 1 atom stereocenters. The number of nitrogens with zero attached hydrogens (tertiary/aromatic N) is 3. The van der Waals surface area contributed by atoms with Crippen molar-refractivity contribution in [2.24, 2.45) is 0 Å². The van der Waals surface area contributed by atoms with Crippen molar-refractivity contribution in [1.29, 1.82) is 0 Å². The zero-order valence-electron chi connectivity index (χ0n) is 21.7. The molecule has 0 aliphatic carbocycles. The van der Waals surface area contributed by atoms with Crippen LogP contribution in [0.15, 0.2) is 33.9 Å². The summed E-state index contributed by atoms with van der Waals surface area (Å²) in [6.07, 6.45) is 0.645. The number of benzene rings is 2. The van der Waals surface area contributed by atoms with Gasteiger partial charge >= 0.3 is 0 Å². The highest BCUT2D eigenvalue weighted by molar-refractivity contribution is 5.82. The van der Waals surface area contributed by atoms with E-state index in [9.17, 15) is 19.5 Å². The minimum absolute atomic E-state index is 0.0395. The first-order valence-electron chi connectivity index (χ1n) is 11.9.